The van der Waals surface area contributed by atoms with E-state index in [4.69, 9.17) is 16.3 Å². The molecule has 19 heavy (non-hydrogen) atoms. The predicted octanol–water partition coefficient (Wildman–Crippen LogP) is 2.27. The Morgan fingerprint density at radius 3 is 3.16 bits per heavy atom. The minimum atomic E-state index is -0.446. The Balaban J connectivity index is 2.13. The summed E-state index contributed by atoms with van der Waals surface area (Å²) in [5, 5.41) is 8.91. The third-order valence-electron chi connectivity index (χ3n) is 2.02. The fraction of sp³-hybridized carbons (Fsp3) is 0.200. The summed E-state index contributed by atoms with van der Waals surface area (Å²) < 4.78 is 5.71. The van der Waals surface area contributed by atoms with Crippen molar-refractivity contribution < 1.29 is 9.53 Å². The summed E-state index contributed by atoms with van der Waals surface area (Å²) in [4.78, 5) is 19.8. The molecule has 0 saturated heterocycles. The van der Waals surface area contributed by atoms with Crippen LogP contribution in [0.1, 0.15) is 17.3 Å². The Labute approximate surface area is 121 Å². The molecular weight excluding hydrogens is 338 g/mol. The first-order valence-corrected chi connectivity index (χ1v) is 6.45. The summed E-state index contributed by atoms with van der Waals surface area (Å²) in [5.41, 5.74) is 0.227. The van der Waals surface area contributed by atoms with E-state index in [0.717, 1.165) is 0 Å². The number of carbonyl (C=O) groups is 1. The van der Waals surface area contributed by atoms with Crippen LogP contribution in [0.4, 0.5) is 5.95 Å². The van der Waals surface area contributed by atoms with Gasteiger partial charge in [-0.1, -0.05) is 11.6 Å². The van der Waals surface area contributed by atoms with Crippen molar-refractivity contribution in [3.8, 4) is 6.01 Å². The van der Waals surface area contributed by atoms with E-state index in [1.54, 1.807) is 6.07 Å². The highest BCUT2D eigenvalue weighted by molar-refractivity contribution is 9.10. The van der Waals surface area contributed by atoms with E-state index in [1.165, 1.54) is 6.20 Å². The number of halogens is 2. The normalized spacial score (nSPS) is 10.3. The maximum absolute atomic E-state index is 12.0. The highest BCUT2D eigenvalue weighted by Crippen LogP contribution is 2.19. The summed E-state index contributed by atoms with van der Waals surface area (Å²) >= 11 is 9.07. The van der Waals surface area contributed by atoms with Gasteiger partial charge in [0.15, 0.2) is 0 Å². The number of hydrogen-bond donors (Lipinski definition) is 2. The molecule has 0 aliphatic heterocycles. The molecule has 2 aromatic rings. The first-order valence-electron chi connectivity index (χ1n) is 5.27. The van der Waals surface area contributed by atoms with Crippen LogP contribution in [0.25, 0.3) is 0 Å². The van der Waals surface area contributed by atoms with Crippen LogP contribution >= 0.6 is 27.5 Å². The lowest BCUT2D eigenvalue weighted by atomic mass is 10.3. The number of hydrogen-bond acceptors (Lipinski definition) is 5. The molecule has 7 nitrogen and oxygen atoms in total. The molecule has 0 fully saturated rings. The van der Waals surface area contributed by atoms with Crippen LogP contribution in [0.2, 0.25) is 5.15 Å². The molecule has 2 rings (SSSR count). The van der Waals surface area contributed by atoms with E-state index < -0.39 is 5.91 Å². The van der Waals surface area contributed by atoms with Gasteiger partial charge in [-0.15, -0.1) is 5.10 Å². The van der Waals surface area contributed by atoms with Crippen molar-refractivity contribution in [2.45, 2.75) is 6.92 Å². The van der Waals surface area contributed by atoms with Gasteiger partial charge in [0.25, 0.3) is 5.91 Å². The Hall–Kier alpha value is -1.67. The molecule has 0 aliphatic rings. The first-order chi connectivity index (χ1) is 9.10. The smallest absolute Gasteiger partial charge is 0.337 e. The lowest BCUT2D eigenvalue weighted by Gasteiger charge is -2.03. The standard InChI is InChI=1S/C10H9BrClN5O2/c1-2-19-10-15-9(16-17-10)14-8(18)6-3-5(11)4-13-7(6)12/h3-4H,2H2,1H3,(H2,14,15,16,17,18). The van der Waals surface area contributed by atoms with Gasteiger partial charge in [0.05, 0.1) is 12.2 Å². The molecule has 0 bridgehead atoms. The molecule has 0 unspecified atom stereocenters. The third kappa shape index (κ3) is 3.42. The van der Waals surface area contributed by atoms with Crippen LogP contribution in [0.15, 0.2) is 16.7 Å². The molecule has 0 atom stereocenters. The van der Waals surface area contributed by atoms with E-state index in [1.807, 2.05) is 6.92 Å². The van der Waals surface area contributed by atoms with Crippen molar-refractivity contribution >= 4 is 39.4 Å². The lowest BCUT2D eigenvalue weighted by molar-refractivity contribution is 0.102. The highest BCUT2D eigenvalue weighted by atomic mass is 79.9. The fourth-order valence-corrected chi connectivity index (χ4v) is 1.77. The molecule has 2 N–H and O–H groups in total. The average Bonchev–Trinajstić information content (AvgIpc) is 2.80. The first kappa shape index (κ1) is 13.8. The minimum Gasteiger partial charge on any atom is -0.463 e. The molecule has 2 aromatic heterocycles. The van der Waals surface area contributed by atoms with Crippen molar-refractivity contribution in [3.05, 3.63) is 27.5 Å². The molecule has 0 aromatic carbocycles. The Morgan fingerprint density at radius 2 is 2.42 bits per heavy atom. The highest BCUT2D eigenvalue weighted by Gasteiger charge is 2.14. The molecule has 9 heteroatoms. The van der Waals surface area contributed by atoms with Gasteiger partial charge < -0.3 is 4.74 Å². The number of aromatic amines is 1. The van der Waals surface area contributed by atoms with Gasteiger partial charge in [0, 0.05) is 10.7 Å². The number of nitrogens with one attached hydrogen (secondary N) is 2. The quantitative estimate of drug-likeness (QED) is 0.828. The monoisotopic (exact) mass is 345 g/mol. The van der Waals surface area contributed by atoms with Gasteiger partial charge in [-0.3, -0.25) is 10.1 Å². The molecule has 0 saturated carbocycles. The van der Waals surface area contributed by atoms with Crippen LogP contribution in [-0.2, 0) is 0 Å². The predicted molar refractivity (Wildman–Crippen MR) is 72.5 cm³/mol. The summed E-state index contributed by atoms with van der Waals surface area (Å²) in [7, 11) is 0. The average molecular weight is 347 g/mol. The van der Waals surface area contributed by atoms with Gasteiger partial charge in [-0.2, -0.15) is 4.98 Å². The number of pyridine rings is 1. The van der Waals surface area contributed by atoms with Crippen LogP contribution in [0, 0.1) is 0 Å². The second-order valence-electron chi connectivity index (χ2n) is 3.35. The molecular formula is C10H9BrClN5O2. The van der Waals surface area contributed by atoms with Gasteiger partial charge in [-0.05, 0) is 28.9 Å². The summed E-state index contributed by atoms with van der Waals surface area (Å²) in [6.07, 6.45) is 1.50. The van der Waals surface area contributed by atoms with Crippen LogP contribution in [-0.4, -0.2) is 32.7 Å². The van der Waals surface area contributed by atoms with Gasteiger partial charge in [-0.25, -0.2) is 10.1 Å². The van der Waals surface area contributed by atoms with E-state index in [0.29, 0.717) is 11.1 Å². The lowest BCUT2D eigenvalue weighted by Crippen LogP contribution is -2.14. The van der Waals surface area contributed by atoms with Crippen molar-refractivity contribution in [1.29, 1.82) is 0 Å². The molecule has 0 radical (unpaired) electrons. The number of carbonyl (C=O) groups excluding carboxylic acids is 1. The zero-order chi connectivity index (χ0) is 13.8. The van der Waals surface area contributed by atoms with Crippen molar-refractivity contribution in [2.75, 3.05) is 11.9 Å². The topological polar surface area (TPSA) is 92.8 Å². The second kappa shape index (κ2) is 5.98. The molecule has 0 aliphatic carbocycles. The second-order valence-corrected chi connectivity index (χ2v) is 4.62. The number of aromatic nitrogens is 4. The van der Waals surface area contributed by atoms with E-state index in [9.17, 15) is 4.79 Å². The molecule has 100 valence electrons. The number of H-pyrrole nitrogens is 1. The Bertz CT molecular complexity index is 603. The van der Waals surface area contributed by atoms with Crippen molar-refractivity contribution in [2.24, 2.45) is 0 Å². The van der Waals surface area contributed by atoms with Crippen LogP contribution in [0.3, 0.4) is 0 Å². The third-order valence-corrected chi connectivity index (χ3v) is 2.76. The summed E-state index contributed by atoms with van der Waals surface area (Å²) in [6.45, 7) is 2.24. The number of amides is 1. The number of ether oxygens (including phenoxy) is 1. The fourth-order valence-electron chi connectivity index (χ4n) is 1.25. The van der Waals surface area contributed by atoms with E-state index in [-0.39, 0.29) is 22.7 Å². The van der Waals surface area contributed by atoms with Crippen LogP contribution < -0.4 is 10.1 Å². The number of anilines is 1. The number of rotatable bonds is 4. The van der Waals surface area contributed by atoms with Crippen molar-refractivity contribution in [3.63, 3.8) is 0 Å². The SMILES string of the molecule is CCOc1n[nH]c(NC(=O)c2cc(Br)cnc2Cl)n1. The van der Waals surface area contributed by atoms with Crippen LogP contribution in [0.5, 0.6) is 6.01 Å². The molecule has 2 heterocycles. The summed E-state index contributed by atoms with van der Waals surface area (Å²) in [6, 6.07) is 1.72. The Morgan fingerprint density at radius 1 is 1.63 bits per heavy atom. The zero-order valence-electron chi connectivity index (χ0n) is 9.78. The maximum atomic E-state index is 12.0. The van der Waals surface area contributed by atoms with Gasteiger partial charge >= 0.3 is 6.01 Å². The summed E-state index contributed by atoms with van der Waals surface area (Å²) in [5.74, 6) is -0.275. The molecule has 1 amide bonds. The van der Waals surface area contributed by atoms with E-state index in [2.05, 4.69) is 41.4 Å². The molecule has 0 spiro atoms. The largest absolute Gasteiger partial charge is 0.463 e. The number of nitrogens with zero attached hydrogens (tertiary/aromatic N) is 3. The Kier molecular flexibility index (Phi) is 4.33. The van der Waals surface area contributed by atoms with Crippen molar-refractivity contribution in [1.82, 2.24) is 20.2 Å². The maximum Gasteiger partial charge on any atom is 0.337 e. The zero-order valence-corrected chi connectivity index (χ0v) is 12.1. The van der Waals surface area contributed by atoms with Gasteiger partial charge in [0.1, 0.15) is 5.15 Å². The minimum absolute atomic E-state index is 0.102. The van der Waals surface area contributed by atoms with E-state index >= 15 is 0 Å². The van der Waals surface area contributed by atoms with Gasteiger partial charge in [0.2, 0.25) is 5.95 Å².